The summed E-state index contributed by atoms with van der Waals surface area (Å²) in [4.78, 5) is 43.4. The van der Waals surface area contributed by atoms with E-state index in [4.69, 9.17) is 0 Å². The van der Waals surface area contributed by atoms with Gasteiger partial charge >= 0.3 is 5.97 Å². The van der Waals surface area contributed by atoms with Crippen LogP contribution in [-0.4, -0.2) is 102 Å². The number of hydrogen-bond acceptors (Lipinski definition) is 6. The summed E-state index contributed by atoms with van der Waals surface area (Å²) in [6, 6.07) is 13.4. The maximum atomic E-state index is 13.0. The number of thioether (sulfide) groups is 1. The Kier molecular flexibility index (Phi) is 10.6. The number of likely N-dealkylation sites (tertiary alicyclic amines) is 1. The molecule has 0 bridgehead atoms. The van der Waals surface area contributed by atoms with Crippen molar-refractivity contribution in [3.63, 3.8) is 0 Å². The Hall–Kier alpha value is -2.62. The molecule has 2 amide bonds. The van der Waals surface area contributed by atoms with Gasteiger partial charge in [-0.2, -0.15) is 11.8 Å². The third-order valence-electron chi connectivity index (χ3n) is 6.50. The Morgan fingerprint density at radius 3 is 2.61 bits per heavy atom. The summed E-state index contributed by atoms with van der Waals surface area (Å²) in [6.45, 7) is 2.23. The fourth-order valence-corrected chi connectivity index (χ4v) is 5.28. The fourth-order valence-electron chi connectivity index (χ4n) is 4.81. The predicted octanol–water partition coefficient (Wildman–Crippen LogP) is 2.52. The van der Waals surface area contributed by atoms with Crippen molar-refractivity contribution in [2.45, 2.75) is 37.9 Å². The summed E-state index contributed by atoms with van der Waals surface area (Å²) in [5.74, 6) is -0.579. The lowest BCUT2D eigenvalue weighted by molar-refractivity contribution is -0.142. The number of carboxylic acid groups (broad SMARTS) is 1. The van der Waals surface area contributed by atoms with E-state index in [9.17, 15) is 19.5 Å². The molecule has 196 valence electrons. The third kappa shape index (κ3) is 7.94. The summed E-state index contributed by atoms with van der Waals surface area (Å²) in [6.07, 6.45) is 4.12. The minimum Gasteiger partial charge on any atom is -0.480 e. The number of carbonyl (C=O) groups excluding carboxylic acids is 2. The normalized spacial score (nSPS) is 16.6. The van der Waals surface area contributed by atoms with Crippen molar-refractivity contribution in [2.75, 3.05) is 52.3 Å². The Bertz CT molecular complexity index is 1040. The Morgan fingerprint density at radius 2 is 1.89 bits per heavy atom. The van der Waals surface area contributed by atoms with E-state index >= 15 is 0 Å². The predicted molar refractivity (Wildman–Crippen MR) is 145 cm³/mol. The molecule has 1 heterocycles. The van der Waals surface area contributed by atoms with E-state index in [0.717, 1.165) is 35.7 Å². The van der Waals surface area contributed by atoms with Gasteiger partial charge in [0.1, 0.15) is 6.04 Å². The molecule has 36 heavy (non-hydrogen) atoms. The molecule has 9 heteroatoms. The SMILES string of the molecule is CSCC[C@H](NC(=O)CN(Cc1cccc2ccccc12)CC1CCCN1C(=O)CN(C)C)C(=O)O. The smallest absolute Gasteiger partial charge is 0.326 e. The summed E-state index contributed by atoms with van der Waals surface area (Å²) in [5.41, 5.74) is 1.10. The van der Waals surface area contributed by atoms with Gasteiger partial charge in [-0.1, -0.05) is 42.5 Å². The zero-order valence-electron chi connectivity index (χ0n) is 21.5. The molecule has 1 aliphatic heterocycles. The van der Waals surface area contributed by atoms with Crippen molar-refractivity contribution in [2.24, 2.45) is 0 Å². The van der Waals surface area contributed by atoms with E-state index < -0.39 is 12.0 Å². The fraction of sp³-hybridized carbons (Fsp3) is 0.519. The van der Waals surface area contributed by atoms with Gasteiger partial charge in [-0.15, -0.1) is 0 Å². The molecule has 0 aliphatic carbocycles. The highest BCUT2D eigenvalue weighted by Gasteiger charge is 2.31. The van der Waals surface area contributed by atoms with Gasteiger partial charge in [0, 0.05) is 25.7 Å². The van der Waals surface area contributed by atoms with Crippen LogP contribution in [0.1, 0.15) is 24.8 Å². The number of likely N-dealkylation sites (N-methyl/N-ethyl adjacent to an activating group) is 1. The molecule has 0 spiro atoms. The second kappa shape index (κ2) is 13.6. The molecule has 1 saturated heterocycles. The number of carbonyl (C=O) groups is 3. The molecule has 2 aromatic rings. The maximum absolute atomic E-state index is 13.0. The largest absolute Gasteiger partial charge is 0.480 e. The first-order chi connectivity index (χ1) is 17.3. The standard InChI is InChI=1S/C27H38N4O4S/c1-29(2)19-26(33)31-14-7-11-22(31)17-30(18-25(32)28-24(27(34)35)13-15-36-3)16-21-10-6-9-20-8-4-5-12-23(20)21/h4-6,8-10,12,22,24H,7,11,13-19H2,1-3H3,(H,28,32)(H,34,35)/t22?,24-/m0/s1. The minimum absolute atomic E-state index is 0.0204. The van der Waals surface area contributed by atoms with Crippen LogP contribution in [0.5, 0.6) is 0 Å². The molecule has 0 radical (unpaired) electrons. The van der Waals surface area contributed by atoms with Gasteiger partial charge in [0.05, 0.1) is 13.1 Å². The molecule has 8 nitrogen and oxygen atoms in total. The summed E-state index contributed by atoms with van der Waals surface area (Å²) in [7, 11) is 3.77. The van der Waals surface area contributed by atoms with E-state index in [0.29, 0.717) is 31.8 Å². The van der Waals surface area contributed by atoms with Crippen molar-refractivity contribution >= 4 is 40.3 Å². The highest BCUT2D eigenvalue weighted by molar-refractivity contribution is 7.98. The van der Waals surface area contributed by atoms with Crippen LogP contribution in [0.25, 0.3) is 10.8 Å². The van der Waals surface area contributed by atoms with Gasteiger partial charge in [0.15, 0.2) is 0 Å². The first-order valence-electron chi connectivity index (χ1n) is 12.4. The highest BCUT2D eigenvalue weighted by atomic mass is 32.2. The molecule has 2 aromatic carbocycles. The zero-order valence-corrected chi connectivity index (χ0v) is 22.3. The van der Waals surface area contributed by atoms with Crippen LogP contribution in [0.4, 0.5) is 0 Å². The number of carboxylic acids is 1. The zero-order chi connectivity index (χ0) is 26.1. The first kappa shape index (κ1) is 28.0. The average Bonchev–Trinajstić information content (AvgIpc) is 3.29. The van der Waals surface area contributed by atoms with Crippen LogP contribution in [0, 0.1) is 0 Å². The van der Waals surface area contributed by atoms with Crippen molar-refractivity contribution in [3.05, 3.63) is 48.0 Å². The molecule has 1 unspecified atom stereocenters. The van der Waals surface area contributed by atoms with Gasteiger partial charge in [-0.25, -0.2) is 4.79 Å². The number of nitrogens with one attached hydrogen (secondary N) is 1. The van der Waals surface area contributed by atoms with Gasteiger partial charge in [0.25, 0.3) is 0 Å². The van der Waals surface area contributed by atoms with Gasteiger partial charge in [-0.3, -0.25) is 14.5 Å². The monoisotopic (exact) mass is 514 g/mol. The molecule has 2 atom stereocenters. The number of aliphatic carboxylic acids is 1. The van der Waals surface area contributed by atoms with Crippen LogP contribution in [0.15, 0.2) is 42.5 Å². The average molecular weight is 515 g/mol. The lowest BCUT2D eigenvalue weighted by atomic mass is 10.0. The van der Waals surface area contributed by atoms with E-state index in [-0.39, 0.29) is 24.4 Å². The Morgan fingerprint density at radius 1 is 1.14 bits per heavy atom. The number of nitrogens with zero attached hydrogens (tertiary/aromatic N) is 3. The number of benzene rings is 2. The van der Waals surface area contributed by atoms with E-state index in [2.05, 4.69) is 34.5 Å². The summed E-state index contributed by atoms with van der Waals surface area (Å²) < 4.78 is 0. The third-order valence-corrected chi connectivity index (χ3v) is 7.15. The Labute approximate surface area is 218 Å². The quantitative estimate of drug-likeness (QED) is 0.424. The van der Waals surface area contributed by atoms with Gasteiger partial charge in [0.2, 0.25) is 11.8 Å². The molecule has 1 fully saturated rings. The van der Waals surface area contributed by atoms with Gasteiger partial charge < -0.3 is 20.2 Å². The molecule has 2 N–H and O–H groups in total. The van der Waals surface area contributed by atoms with Crippen molar-refractivity contribution in [3.8, 4) is 0 Å². The first-order valence-corrected chi connectivity index (χ1v) is 13.8. The number of rotatable bonds is 13. The highest BCUT2D eigenvalue weighted by Crippen LogP contribution is 2.23. The number of amides is 2. The van der Waals surface area contributed by atoms with Crippen LogP contribution < -0.4 is 5.32 Å². The van der Waals surface area contributed by atoms with Crippen molar-refractivity contribution in [1.29, 1.82) is 0 Å². The molecule has 0 saturated carbocycles. The summed E-state index contributed by atoms with van der Waals surface area (Å²) >= 11 is 1.55. The molecular weight excluding hydrogens is 476 g/mol. The van der Waals surface area contributed by atoms with Crippen LogP contribution >= 0.6 is 11.8 Å². The molecule has 1 aliphatic rings. The van der Waals surface area contributed by atoms with Crippen LogP contribution in [0.3, 0.4) is 0 Å². The van der Waals surface area contributed by atoms with Crippen molar-refractivity contribution < 1.29 is 19.5 Å². The Balaban J connectivity index is 1.79. The number of hydrogen-bond donors (Lipinski definition) is 2. The van der Waals surface area contributed by atoms with Crippen LogP contribution in [0.2, 0.25) is 0 Å². The molecule has 3 rings (SSSR count). The lowest BCUT2D eigenvalue weighted by Gasteiger charge is -2.32. The topological polar surface area (TPSA) is 93.2 Å². The maximum Gasteiger partial charge on any atom is 0.326 e. The summed E-state index contributed by atoms with van der Waals surface area (Å²) in [5, 5.41) is 14.5. The van der Waals surface area contributed by atoms with Gasteiger partial charge in [-0.05, 0) is 61.7 Å². The second-order valence-corrected chi connectivity index (χ2v) is 10.7. The second-order valence-electron chi connectivity index (χ2n) is 9.67. The van der Waals surface area contributed by atoms with E-state index in [1.165, 1.54) is 0 Å². The molecule has 0 aromatic heterocycles. The molecular formula is C27H38N4O4S. The minimum atomic E-state index is -1.02. The van der Waals surface area contributed by atoms with Crippen LogP contribution in [-0.2, 0) is 20.9 Å². The van der Waals surface area contributed by atoms with E-state index in [1.54, 1.807) is 11.8 Å². The van der Waals surface area contributed by atoms with Crippen molar-refractivity contribution in [1.82, 2.24) is 20.0 Å². The number of fused-ring (bicyclic) bond motifs is 1. The lowest BCUT2D eigenvalue weighted by Crippen LogP contribution is -2.49. The van der Waals surface area contributed by atoms with E-state index in [1.807, 2.05) is 48.4 Å².